The molecule has 0 unspecified atom stereocenters. The molecule has 6 nitrogen and oxygen atoms in total. The summed E-state index contributed by atoms with van der Waals surface area (Å²) in [4.78, 5) is 32.5. The number of amides is 1. The van der Waals surface area contributed by atoms with Gasteiger partial charge in [-0.15, -0.1) is 0 Å². The van der Waals surface area contributed by atoms with Gasteiger partial charge >= 0.3 is 0 Å². The van der Waals surface area contributed by atoms with Gasteiger partial charge < -0.3 is 14.6 Å². The van der Waals surface area contributed by atoms with Crippen molar-refractivity contribution >= 4 is 17.7 Å². The van der Waals surface area contributed by atoms with Gasteiger partial charge in [-0.25, -0.2) is 4.98 Å². The van der Waals surface area contributed by atoms with Crippen LogP contribution in [-0.2, 0) is 16.0 Å². The summed E-state index contributed by atoms with van der Waals surface area (Å²) in [6, 6.07) is 1.48. The van der Waals surface area contributed by atoms with Gasteiger partial charge in [0, 0.05) is 24.8 Å². The number of carbonyl (C=O) groups is 1. The Morgan fingerprint density at radius 1 is 1.48 bits per heavy atom. The highest BCUT2D eigenvalue weighted by molar-refractivity contribution is 7.99. The number of hydrogen-bond acceptors (Lipinski definition) is 5. The van der Waals surface area contributed by atoms with Crippen LogP contribution in [0.25, 0.3) is 0 Å². The van der Waals surface area contributed by atoms with E-state index >= 15 is 0 Å². The second kappa shape index (κ2) is 7.09. The molecule has 0 saturated carbocycles. The second-order valence-corrected chi connectivity index (χ2v) is 6.20. The van der Waals surface area contributed by atoms with E-state index in [0.717, 1.165) is 5.69 Å². The van der Waals surface area contributed by atoms with Crippen LogP contribution in [-0.4, -0.2) is 51.8 Å². The largest absolute Gasteiger partial charge is 0.372 e. The molecule has 0 spiro atoms. The highest BCUT2D eigenvalue weighted by atomic mass is 32.2. The standard InChI is InChI=1S/C14H21N3O3S/c1-4-11-5-12(18)16-14(15-11)21-8-13(19)17-6-9(2)20-10(3)7-17/h5,9-10H,4,6-8H2,1-3H3,(H,15,16,18)/t9-,10-/m1/s1. The summed E-state index contributed by atoms with van der Waals surface area (Å²) in [5, 5.41) is 0.502. The number of nitrogens with zero attached hydrogens (tertiary/aromatic N) is 2. The number of ether oxygens (including phenoxy) is 1. The molecule has 21 heavy (non-hydrogen) atoms. The van der Waals surface area contributed by atoms with E-state index in [2.05, 4.69) is 9.97 Å². The topological polar surface area (TPSA) is 75.3 Å². The minimum atomic E-state index is -0.176. The maximum atomic E-state index is 12.2. The molecule has 116 valence electrons. The maximum Gasteiger partial charge on any atom is 0.251 e. The van der Waals surface area contributed by atoms with Gasteiger partial charge in [0.2, 0.25) is 5.91 Å². The molecule has 1 aromatic rings. The van der Waals surface area contributed by atoms with E-state index in [0.29, 0.717) is 24.7 Å². The van der Waals surface area contributed by atoms with Crippen molar-refractivity contribution < 1.29 is 9.53 Å². The number of carbonyl (C=O) groups excluding carboxylic acids is 1. The minimum absolute atomic E-state index is 0.0477. The van der Waals surface area contributed by atoms with Crippen LogP contribution < -0.4 is 5.56 Å². The zero-order valence-corrected chi connectivity index (χ0v) is 13.4. The molecule has 1 saturated heterocycles. The highest BCUT2D eigenvalue weighted by Gasteiger charge is 2.25. The van der Waals surface area contributed by atoms with E-state index in [9.17, 15) is 9.59 Å². The molecule has 1 aliphatic rings. The van der Waals surface area contributed by atoms with E-state index < -0.39 is 0 Å². The first-order chi connectivity index (χ1) is 9.97. The number of aryl methyl sites for hydroxylation is 1. The van der Waals surface area contributed by atoms with Crippen LogP contribution in [0, 0.1) is 0 Å². The third kappa shape index (κ3) is 4.57. The summed E-state index contributed by atoms with van der Waals surface area (Å²) in [6.07, 6.45) is 0.817. The van der Waals surface area contributed by atoms with Crippen molar-refractivity contribution in [2.45, 2.75) is 44.6 Å². The molecular formula is C14H21N3O3S. The summed E-state index contributed by atoms with van der Waals surface area (Å²) in [5.41, 5.74) is 0.563. The lowest BCUT2D eigenvalue weighted by Gasteiger charge is -2.35. The van der Waals surface area contributed by atoms with Crippen molar-refractivity contribution in [1.82, 2.24) is 14.9 Å². The first-order valence-electron chi connectivity index (χ1n) is 7.14. The quantitative estimate of drug-likeness (QED) is 0.665. The van der Waals surface area contributed by atoms with Crippen molar-refractivity contribution in [2.75, 3.05) is 18.8 Å². The average Bonchev–Trinajstić information content (AvgIpc) is 2.43. The van der Waals surface area contributed by atoms with Crippen LogP contribution in [0.2, 0.25) is 0 Å². The Balaban J connectivity index is 1.94. The molecule has 2 rings (SSSR count). The normalized spacial score (nSPS) is 22.3. The van der Waals surface area contributed by atoms with Gasteiger partial charge in [-0.1, -0.05) is 18.7 Å². The molecule has 0 bridgehead atoms. The fraction of sp³-hybridized carbons (Fsp3) is 0.643. The van der Waals surface area contributed by atoms with Crippen molar-refractivity contribution in [3.05, 3.63) is 22.1 Å². The smallest absolute Gasteiger partial charge is 0.251 e. The average molecular weight is 311 g/mol. The first-order valence-corrected chi connectivity index (χ1v) is 8.12. The lowest BCUT2D eigenvalue weighted by molar-refractivity contribution is -0.140. The molecular weight excluding hydrogens is 290 g/mol. The predicted octanol–water partition coefficient (Wildman–Crippen LogP) is 1.06. The van der Waals surface area contributed by atoms with Gasteiger partial charge in [0.25, 0.3) is 5.56 Å². The second-order valence-electron chi connectivity index (χ2n) is 5.24. The Morgan fingerprint density at radius 2 is 2.14 bits per heavy atom. The van der Waals surface area contributed by atoms with Crippen LogP contribution >= 0.6 is 11.8 Å². The summed E-state index contributed by atoms with van der Waals surface area (Å²) < 4.78 is 5.61. The number of nitrogens with one attached hydrogen (secondary N) is 1. The van der Waals surface area contributed by atoms with Gasteiger partial charge in [-0.2, -0.15) is 0 Å². The molecule has 1 N–H and O–H groups in total. The summed E-state index contributed by atoms with van der Waals surface area (Å²) in [7, 11) is 0. The molecule has 7 heteroatoms. The Bertz CT molecular complexity index is 551. The molecule has 2 atom stereocenters. The van der Waals surface area contributed by atoms with E-state index in [1.54, 1.807) is 0 Å². The van der Waals surface area contributed by atoms with E-state index in [1.165, 1.54) is 17.8 Å². The number of rotatable bonds is 4. The summed E-state index contributed by atoms with van der Waals surface area (Å²) in [6.45, 7) is 7.10. The van der Waals surface area contributed by atoms with Gasteiger partial charge in [0.15, 0.2) is 5.16 Å². The van der Waals surface area contributed by atoms with Gasteiger partial charge in [-0.3, -0.25) is 9.59 Å². The van der Waals surface area contributed by atoms with Gasteiger partial charge in [0.05, 0.1) is 18.0 Å². The number of H-pyrrole nitrogens is 1. The van der Waals surface area contributed by atoms with Crippen molar-refractivity contribution in [2.24, 2.45) is 0 Å². The number of aromatic amines is 1. The van der Waals surface area contributed by atoms with E-state index in [4.69, 9.17) is 4.74 Å². The molecule has 0 aliphatic carbocycles. The first kappa shape index (κ1) is 16.0. The summed E-state index contributed by atoms with van der Waals surface area (Å²) in [5.74, 6) is 0.321. The van der Waals surface area contributed by atoms with Crippen molar-refractivity contribution in [3.63, 3.8) is 0 Å². The van der Waals surface area contributed by atoms with Crippen LogP contribution in [0.5, 0.6) is 0 Å². The summed E-state index contributed by atoms with van der Waals surface area (Å²) >= 11 is 1.27. The fourth-order valence-corrected chi connectivity index (χ4v) is 3.13. The number of thioether (sulfide) groups is 1. The highest BCUT2D eigenvalue weighted by Crippen LogP contribution is 2.16. The van der Waals surface area contributed by atoms with E-state index in [1.807, 2.05) is 25.7 Å². The van der Waals surface area contributed by atoms with Crippen molar-refractivity contribution in [3.8, 4) is 0 Å². The molecule has 1 fully saturated rings. The number of aromatic nitrogens is 2. The van der Waals surface area contributed by atoms with Crippen LogP contribution in [0.4, 0.5) is 0 Å². The molecule has 1 amide bonds. The van der Waals surface area contributed by atoms with Crippen LogP contribution in [0.3, 0.4) is 0 Å². The Labute approximate surface area is 128 Å². The zero-order chi connectivity index (χ0) is 15.4. The molecule has 1 aromatic heterocycles. The SMILES string of the molecule is CCc1cc(=O)[nH]c(SCC(=O)N2C[C@@H](C)O[C@H](C)C2)n1. The Kier molecular flexibility index (Phi) is 5.41. The molecule has 0 radical (unpaired) electrons. The minimum Gasteiger partial charge on any atom is -0.372 e. The third-order valence-electron chi connectivity index (χ3n) is 3.24. The third-order valence-corrected chi connectivity index (χ3v) is 4.10. The maximum absolute atomic E-state index is 12.2. The lowest BCUT2D eigenvalue weighted by Crippen LogP contribution is -2.48. The fourth-order valence-electron chi connectivity index (χ4n) is 2.34. The number of hydrogen-bond donors (Lipinski definition) is 1. The molecule has 1 aliphatic heterocycles. The number of morpholine rings is 1. The zero-order valence-electron chi connectivity index (χ0n) is 12.6. The molecule has 0 aromatic carbocycles. The molecule has 2 heterocycles. The monoisotopic (exact) mass is 311 g/mol. The lowest BCUT2D eigenvalue weighted by atomic mass is 10.2. The van der Waals surface area contributed by atoms with Gasteiger partial charge in [0.1, 0.15) is 0 Å². The van der Waals surface area contributed by atoms with Crippen molar-refractivity contribution in [1.29, 1.82) is 0 Å². The van der Waals surface area contributed by atoms with Crippen LogP contribution in [0.1, 0.15) is 26.5 Å². The van der Waals surface area contributed by atoms with Gasteiger partial charge in [-0.05, 0) is 20.3 Å². The predicted molar refractivity (Wildman–Crippen MR) is 81.5 cm³/mol. The Hall–Kier alpha value is -1.34. The Morgan fingerprint density at radius 3 is 2.76 bits per heavy atom. The van der Waals surface area contributed by atoms with Crippen LogP contribution in [0.15, 0.2) is 16.0 Å². The van der Waals surface area contributed by atoms with E-state index in [-0.39, 0.29) is 29.4 Å².